The van der Waals surface area contributed by atoms with Gasteiger partial charge in [0.15, 0.2) is 12.3 Å². The van der Waals surface area contributed by atoms with Crippen LogP contribution in [0.1, 0.15) is 109 Å². The van der Waals surface area contributed by atoms with Crippen molar-refractivity contribution in [2.45, 2.75) is 128 Å². The fourth-order valence-corrected chi connectivity index (χ4v) is 5.55. The molecule has 1 aromatic carbocycles. The number of alkyl halides is 2. The molecule has 2 saturated carbocycles. The van der Waals surface area contributed by atoms with Gasteiger partial charge in [-0.1, -0.05) is 39.5 Å². The van der Waals surface area contributed by atoms with Crippen LogP contribution in [-0.2, 0) is 19.1 Å². The molecule has 0 aliphatic heterocycles. The van der Waals surface area contributed by atoms with Gasteiger partial charge in [-0.15, -0.1) is 0 Å². The molecule has 2 fully saturated rings. The number of unbranched alkanes of at least 4 members (excludes halogenated alkanes) is 2. The molecule has 0 bridgehead atoms. The van der Waals surface area contributed by atoms with E-state index < -0.39 is 24.3 Å². The van der Waals surface area contributed by atoms with Crippen molar-refractivity contribution in [3.05, 3.63) is 23.8 Å². The standard InChI is InChI=1S/C33H47F2NO6/c1-3-5-7-29(34)32(37)41-26-13-9-23(10-14-26)21-39-28-17-18-31(25(19-28)20-36)40-22-24-11-15-27(16-12-24)42-33(38)30(35)8-6-4-2/h17-19,23-24,26-27,29-30H,3-16,21-22H2,1-2H3. The summed E-state index contributed by atoms with van der Waals surface area (Å²) in [6.07, 6.45) is 5.89. The second-order valence-electron chi connectivity index (χ2n) is 11.8. The van der Waals surface area contributed by atoms with Crippen molar-refractivity contribution >= 4 is 11.9 Å². The minimum Gasteiger partial charge on any atom is -0.493 e. The Hall–Kier alpha value is -2.89. The van der Waals surface area contributed by atoms with Crippen molar-refractivity contribution in [1.82, 2.24) is 0 Å². The molecule has 0 N–H and O–H groups in total. The maximum atomic E-state index is 13.9. The van der Waals surface area contributed by atoms with Crippen LogP contribution >= 0.6 is 0 Å². The van der Waals surface area contributed by atoms with Crippen LogP contribution in [0, 0.1) is 23.2 Å². The van der Waals surface area contributed by atoms with Gasteiger partial charge in [0.1, 0.15) is 29.8 Å². The predicted molar refractivity (Wildman–Crippen MR) is 155 cm³/mol. The Morgan fingerprint density at radius 2 is 1.29 bits per heavy atom. The van der Waals surface area contributed by atoms with E-state index >= 15 is 0 Å². The minimum absolute atomic E-state index is 0.214. The molecule has 0 radical (unpaired) electrons. The van der Waals surface area contributed by atoms with E-state index in [-0.39, 0.29) is 31.0 Å². The zero-order chi connectivity index (χ0) is 30.3. The lowest BCUT2D eigenvalue weighted by Crippen LogP contribution is -2.30. The van der Waals surface area contributed by atoms with Crippen LogP contribution in [0.25, 0.3) is 0 Å². The first-order chi connectivity index (χ1) is 20.3. The fourth-order valence-electron chi connectivity index (χ4n) is 5.55. The monoisotopic (exact) mass is 591 g/mol. The summed E-state index contributed by atoms with van der Waals surface area (Å²) in [6.45, 7) is 4.86. The van der Waals surface area contributed by atoms with Gasteiger partial charge in [0, 0.05) is 6.07 Å². The van der Waals surface area contributed by atoms with Gasteiger partial charge in [-0.05, 0) is 88.2 Å². The fraction of sp³-hybridized carbons (Fsp3) is 0.727. The number of carbonyl (C=O) groups is 2. The summed E-state index contributed by atoms with van der Waals surface area (Å²) in [7, 11) is 0. The summed E-state index contributed by atoms with van der Waals surface area (Å²) in [5.74, 6) is 0.177. The summed E-state index contributed by atoms with van der Waals surface area (Å²) < 4.78 is 50.5. The summed E-state index contributed by atoms with van der Waals surface area (Å²) >= 11 is 0. The molecule has 9 heteroatoms. The Morgan fingerprint density at radius 1 is 0.810 bits per heavy atom. The van der Waals surface area contributed by atoms with Gasteiger partial charge < -0.3 is 18.9 Å². The first kappa shape index (κ1) is 33.6. The number of nitriles is 1. The average Bonchev–Trinajstić information content (AvgIpc) is 3.01. The van der Waals surface area contributed by atoms with Crippen molar-refractivity contribution in [1.29, 1.82) is 5.26 Å². The van der Waals surface area contributed by atoms with E-state index in [2.05, 4.69) is 6.07 Å². The van der Waals surface area contributed by atoms with Gasteiger partial charge in [-0.25, -0.2) is 18.4 Å². The van der Waals surface area contributed by atoms with Crippen LogP contribution in [0.3, 0.4) is 0 Å². The SMILES string of the molecule is CCCCC(F)C(=O)OC1CCC(COc2ccc(OCC3CCC(OC(=O)C(F)CCCC)CC3)c(C#N)c2)CC1. The number of rotatable bonds is 16. The molecule has 0 amide bonds. The largest absolute Gasteiger partial charge is 0.493 e. The van der Waals surface area contributed by atoms with Gasteiger partial charge in [0.25, 0.3) is 0 Å². The number of nitrogens with zero attached hydrogens (tertiary/aromatic N) is 1. The third-order valence-electron chi connectivity index (χ3n) is 8.32. The highest BCUT2D eigenvalue weighted by Crippen LogP contribution is 2.31. The first-order valence-electron chi connectivity index (χ1n) is 15.8. The average molecular weight is 592 g/mol. The molecule has 2 atom stereocenters. The van der Waals surface area contributed by atoms with Crippen LogP contribution in [0.5, 0.6) is 11.5 Å². The van der Waals surface area contributed by atoms with E-state index in [1.807, 2.05) is 13.8 Å². The smallest absolute Gasteiger partial charge is 0.340 e. The van der Waals surface area contributed by atoms with Crippen molar-refractivity contribution in [3.63, 3.8) is 0 Å². The van der Waals surface area contributed by atoms with Gasteiger partial charge in [0.2, 0.25) is 0 Å². The van der Waals surface area contributed by atoms with Gasteiger partial charge in [-0.3, -0.25) is 0 Å². The van der Waals surface area contributed by atoms with Crippen LogP contribution in [0.4, 0.5) is 8.78 Å². The van der Waals surface area contributed by atoms with Gasteiger partial charge in [-0.2, -0.15) is 5.26 Å². The third-order valence-corrected chi connectivity index (χ3v) is 8.32. The highest BCUT2D eigenvalue weighted by Gasteiger charge is 2.29. The maximum absolute atomic E-state index is 13.9. The highest BCUT2D eigenvalue weighted by molar-refractivity contribution is 5.75. The first-order valence-corrected chi connectivity index (χ1v) is 15.8. The number of esters is 2. The zero-order valence-corrected chi connectivity index (χ0v) is 25.2. The number of benzene rings is 1. The molecule has 3 rings (SSSR count). The molecule has 0 saturated heterocycles. The molecule has 42 heavy (non-hydrogen) atoms. The minimum atomic E-state index is -1.54. The zero-order valence-electron chi connectivity index (χ0n) is 25.2. The lowest BCUT2D eigenvalue weighted by molar-refractivity contribution is -0.158. The molecule has 234 valence electrons. The summed E-state index contributed by atoms with van der Waals surface area (Å²) in [5.41, 5.74) is 0.399. The molecular formula is C33H47F2NO6. The molecule has 0 heterocycles. The Morgan fingerprint density at radius 3 is 1.74 bits per heavy atom. The summed E-state index contributed by atoms with van der Waals surface area (Å²) in [5, 5.41) is 9.67. The Balaban J connectivity index is 1.36. The van der Waals surface area contributed by atoms with E-state index in [9.17, 15) is 23.6 Å². The van der Waals surface area contributed by atoms with Crippen LogP contribution < -0.4 is 9.47 Å². The number of carbonyl (C=O) groups excluding carboxylic acids is 2. The lowest BCUT2D eigenvalue weighted by atomic mass is 9.88. The van der Waals surface area contributed by atoms with Crippen molar-refractivity contribution in [2.75, 3.05) is 13.2 Å². The van der Waals surface area contributed by atoms with Crippen LogP contribution in [-0.4, -0.2) is 49.7 Å². The lowest BCUT2D eigenvalue weighted by Gasteiger charge is -2.29. The second kappa shape index (κ2) is 17.9. The predicted octanol–water partition coefficient (Wildman–Crippen LogP) is 7.58. The van der Waals surface area contributed by atoms with E-state index in [1.54, 1.807) is 18.2 Å². The molecule has 2 unspecified atom stereocenters. The normalized spacial score (nSPS) is 23.7. The van der Waals surface area contributed by atoms with E-state index in [1.165, 1.54) is 0 Å². The summed E-state index contributed by atoms with van der Waals surface area (Å²) in [4.78, 5) is 23.9. The van der Waals surface area contributed by atoms with Gasteiger partial charge >= 0.3 is 11.9 Å². The molecule has 7 nitrogen and oxygen atoms in total. The number of hydrogen-bond acceptors (Lipinski definition) is 7. The Bertz CT molecular complexity index is 1010. The van der Waals surface area contributed by atoms with Crippen molar-refractivity contribution in [2.24, 2.45) is 11.8 Å². The van der Waals surface area contributed by atoms with E-state index in [4.69, 9.17) is 18.9 Å². The number of ether oxygens (including phenoxy) is 4. The Labute approximate surface area is 249 Å². The second-order valence-corrected chi connectivity index (χ2v) is 11.8. The topological polar surface area (TPSA) is 94.8 Å². The Kier molecular flexibility index (Phi) is 14.3. The molecule has 1 aromatic rings. The van der Waals surface area contributed by atoms with Crippen LogP contribution in [0.15, 0.2) is 18.2 Å². The van der Waals surface area contributed by atoms with Crippen LogP contribution in [0.2, 0.25) is 0 Å². The van der Waals surface area contributed by atoms with Crippen molar-refractivity contribution < 1.29 is 37.3 Å². The number of halogens is 2. The van der Waals surface area contributed by atoms with E-state index in [0.29, 0.717) is 74.7 Å². The quantitative estimate of drug-likeness (QED) is 0.183. The molecule has 2 aliphatic rings. The highest BCUT2D eigenvalue weighted by atomic mass is 19.1. The number of hydrogen-bond donors (Lipinski definition) is 0. The molecule has 0 aromatic heterocycles. The molecular weight excluding hydrogens is 544 g/mol. The van der Waals surface area contributed by atoms with Gasteiger partial charge in [0.05, 0.1) is 18.8 Å². The molecule has 0 spiro atoms. The summed E-state index contributed by atoms with van der Waals surface area (Å²) in [6, 6.07) is 7.41. The molecule has 2 aliphatic carbocycles. The van der Waals surface area contributed by atoms with E-state index in [0.717, 1.165) is 38.5 Å². The third kappa shape index (κ3) is 11.1. The maximum Gasteiger partial charge on any atom is 0.340 e. The van der Waals surface area contributed by atoms with Crippen molar-refractivity contribution in [3.8, 4) is 17.6 Å².